The first-order valence-corrected chi connectivity index (χ1v) is 15.1. The molecule has 0 aromatic carbocycles. The summed E-state index contributed by atoms with van der Waals surface area (Å²) in [5.41, 5.74) is 1.74. The number of hydrogen-bond donors (Lipinski definition) is 1. The van der Waals surface area contributed by atoms with Crippen LogP contribution >= 0.6 is 24.0 Å². The molecule has 3 rings (SSSR count). The Morgan fingerprint density at radius 3 is 2.32 bits per heavy atom. The van der Waals surface area contributed by atoms with Gasteiger partial charge < -0.3 is 5.32 Å². The number of hydrogen-bond acceptors (Lipinski definition) is 6. The normalized spacial score (nSPS) is 15.1. The zero-order valence-corrected chi connectivity index (χ0v) is 24.5. The van der Waals surface area contributed by atoms with Crippen LogP contribution in [0.5, 0.6) is 0 Å². The first-order valence-electron chi connectivity index (χ1n) is 13.8. The van der Waals surface area contributed by atoms with E-state index < -0.39 is 0 Å². The number of anilines is 1. The van der Waals surface area contributed by atoms with E-state index >= 15 is 0 Å². The van der Waals surface area contributed by atoms with Crippen LogP contribution in [0.15, 0.2) is 28.0 Å². The highest BCUT2D eigenvalue weighted by atomic mass is 32.2. The zero-order chi connectivity index (χ0) is 26.8. The third-order valence-electron chi connectivity index (χ3n) is 6.57. The van der Waals surface area contributed by atoms with Gasteiger partial charge in [-0.15, -0.1) is 0 Å². The molecule has 0 saturated carbocycles. The van der Waals surface area contributed by atoms with Gasteiger partial charge in [0.05, 0.1) is 10.5 Å². The van der Waals surface area contributed by atoms with Crippen LogP contribution in [-0.4, -0.2) is 37.6 Å². The number of rotatable bonds is 15. The van der Waals surface area contributed by atoms with E-state index in [0.29, 0.717) is 45.3 Å². The molecule has 37 heavy (non-hydrogen) atoms. The van der Waals surface area contributed by atoms with Gasteiger partial charge in [-0.25, -0.2) is 4.98 Å². The molecule has 2 aromatic heterocycles. The van der Waals surface area contributed by atoms with Crippen molar-refractivity contribution in [3.05, 3.63) is 44.7 Å². The number of aromatic nitrogens is 2. The highest BCUT2D eigenvalue weighted by Gasteiger charge is 2.32. The Bertz CT molecular complexity index is 1170. The SMILES string of the molecule is CCCCCCCCCCCCN1C(=O)C(=Cc2c(NCC(C)C)nc3ccc(C)cn3c2=O)SC1=S. The molecule has 0 bridgehead atoms. The first kappa shape index (κ1) is 29.4. The van der Waals surface area contributed by atoms with Crippen molar-refractivity contribution in [2.24, 2.45) is 5.92 Å². The highest BCUT2D eigenvalue weighted by molar-refractivity contribution is 8.26. The molecule has 0 atom stereocenters. The van der Waals surface area contributed by atoms with Crippen molar-refractivity contribution in [2.45, 2.75) is 91.9 Å². The average molecular weight is 543 g/mol. The van der Waals surface area contributed by atoms with Crippen LogP contribution in [0.3, 0.4) is 0 Å². The zero-order valence-electron chi connectivity index (χ0n) is 22.8. The fourth-order valence-electron chi connectivity index (χ4n) is 4.41. The topological polar surface area (TPSA) is 66.7 Å². The molecule has 0 radical (unpaired) electrons. The molecule has 1 aliphatic heterocycles. The van der Waals surface area contributed by atoms with Crippen molar-refractivity contribution in [2.75, 3.05) is 18.4 Å². The largest absolute Gasteiger partial charge is 0.369 e. The van der Waals surface area contributed by atoms with E-state index in [1.54, 1.807) is 21.6 Å². The molecule has 3 heterocycles. The monoisotopic (exact) mass is 542 g/mol. The molecular formula is C29H42N4O2S2. The van der Waals surface area contributed by atoms with E-state index in [2.05, 4.69) is 26.1 Å². The number of carbonyl (C=O) groups excluding carboxylic acids is 1. The minimum absolute atomic E-state index is 0.116. The number of thiocarbonyl (C=S) groups is 1. The lowest BCUT2D eigenvalue weighted by atomic mass is 10.1. The molecule has 1 aliphatic rings. The third-order valence-corrected chi connectivity index (χ3v) is 7.95. The number of pyridine rings is 1. The summed E-state index contributed by atoms with van der Waals surface area (Å²) in [6, 6.07) is 3.78. The summed E-state index contributed by atoms with van der Waals surface area (Å²) < 4.78 is 2.11. The molecule has 1 N–H and O–H groups in total. The number of aryl methyl sites for hydroxylation is 1. The summed E-state index contributed by atoms with van der Waals surface area (Å²) in [5, 5.41) is 3.31. The molecular weight excluding hydrogens is 500 g/mol. The number of nitrogens with zero attached hydrogens (tertiary/aromatic N) is 3. The molecule has 202 valence electrons. The molecule has 0 aliphatic carbocycles. The molecule has 6 nitrogen and oxygen atoms in total. The van der Waals surface area contributed by atoms with Crippen molar-refractivity contribution in [3.63, 3.8) is 0 Å². The molecule has 0 unspecified atom stereocenters. The fourth-order valence-corrected chi connectivity index (χ4v) is 5.70. The molecule has 2 aromatic rings. The van der Waals surface area contributed by atoms with E-state index in [1.165, 1.54) is 63.1 Å². The van der Waals surface area contributed by atoms with Gasteiger partial charge in [0, 0.05) is 19.3 Å². The number of amides is 1. The predicted octanol–water partition coefficient (Wildman–Crippen LogP) is 7.19. The van der Waals surface area contributed by atoms with Gasteiger partial charge in [0.1, 0.15) is 15.8 Å². The van der Waals surface area contributed by atoms with Crippen LogP contribution in [0.1, 0.15) is 96.1 Å². The van der Waals surface area contributed by atoms with Gasteiger partial charge in [-0.3, -0.25) is 18.9 Å². The lowest BCUT2D eigenvalue weighted by molar-refractivity contribution is -0.122. The number of fused-ring (bicyclic) bond motifs is 1. The second-order valence-electron chi connectivity index (χ2n) is 10.4. The van der Waals surface area contributed by atoms with Crippen molar-refractivity contribution < 1.29 is 4.79 Å². The third kappa shape index (κ3) is 8.40. The van der Waals surface area contributed by atoms with Crippen LogP contribution in [-0.2, 0) is 4.79 Å². The van der Waals surface area contributed by atoms with Gasteiger partial charge in [-0.2, -0.15) is 0 Å². The van der Waals surface area contributed by atoms with E-state index in [1.807, 2.05) is 19.1 Å². The Hall–Kier alpha value is -2.19. The lowest BCUT2D eigenvalue weighted by Crippen LogP contribution is -2.29. The number of thioether (sulfide) groups is 1. The minimum atomic E-state index is -0.195. The Morgan fingerprint density at radius 2 is 1.68 bits per heavy atom. The Kier molecular flexibility index (Phi) is 11.6. The average Bonchev–Trinajstić information content (AvgIpc) is 3.13. The van der Waals surface area contributed by atoms with Gasteiger partial charge in [0.25, 0.3) is 11.5 Å². The first-order chi connectivity index (χ1) is 17.8. The summed E-state index contributed by atoms with van der Waals surface area (Å²) >= 11 is 6.81. The van der Waals surface area contributed by atoms with Crippen LogP contribution < -0.4 is 10.9 Å². The van der Waals surface area contributed by atoms with Gasteiger partial charge in [-0.1, -0.05) is 109 Å². The van der Waals surface area contributed by atoms with Crippen LogP contribution in [0.4, 0.5) is 5.82 Å². The molecule has 8 heteroatoms. The fraction of sp³-hybridized carbons (Fsp3) is 0.586. The lowest BCUT2D eigenvalue weighted by Gasteiger charge is -2.14. The van der Waals surface area contributed by atoms with Crippen molar-refractivity contribution >= 4 is 51.7 Å². The van der Waals surface area contributed by atoms with Crippen LogP contribution in [0.25, 0.3) is 11.7 Å². The Balaban J connectivity index is 1.66. The van der Waals surface area contributed by atoms with Crippen LogP contribution in [0, 0.1) is 12.8 Å². The van der Waals surface area contributed by atoms with Crippen molar-refractivity contribution in [3.8, 4) is 0 Å². The number of unbranched alkanes of at least 4 members (excludes halogenated alkanes) is 9. The summed E-state index contributed by atoms with van der Waals surface area (Å²) in [5.74, 6) is 0.766. The summed E-state index contributed by atoms with van der Waals surface area (Å²) in [6.45, 7) is 9.69. The van der Waals surface area contributed by atoms with Crippen LogP contribution in [0.2, 0.25) is 0 Å². The highest BCUT2D eigenvalue weighted by Crippen LogP contribution is 2.33. The molecule has 1 fully saturated rings. The van der Waals surface area contributed by atoms with Gasteiger partial charge >= 0.3 is 0 Å². The van der Waals surface area contributed by atoms with E-state index in [4.69, 9.17) is 17.2 Å². The van der Waals surface area contributed by atoms with Gasteiger partial charge in [0.2, 0.25) is 0 Å². The van der Waals surface area contributed by atoms with Crippen molar-refractivity contribution in [1.82, 2.24) is 14.3 Å². The Labute approximate surface area is 231 Å². The van der Waals surface area contributed by atoms with E-state index in [-0.39, 0.29) is 11.5 Å². The second kappa shape index (κ2) is 14.7. The number of nitrogens with one attached hydrogen (secondary N) is 1. The van der Waals surface area contributed by atoms with Gasteiger partial charge in [-0.05, 0) is 37.0 Å². The smallest absolute Gasteiger partial charge is 0.267 e. The standard InChI is InChI=1S/C29H42N4O2S2/c1-5-6-7-8-9-10-11-12-13-14-17-32-28(35)24(37-29(32)36)18-23-26(30-19-21(2)3)31-25-16-15-22(4)20-33(25)27(23)34/h15-16,18,20-21,30H,5-14,17,19H2,1-4H3. The summed E-state index contributed by atoms with van der Waals surface area (Å²) in [7, 11) is 0. The molecule has 1 amide bonds. The van der Waals surface area contributed by atoms with Crippen molar-refractivity contribution in [1.29, 1.82) is 0 Å². The predicted molar refractivity (Wildman–Crippen MR) is 161 cm³/mol. The summed E-state index contributed by atoms with van der Waals surface area (Å²) in [4.78, 5) is 33.5. The summed E-state index contributed by atoms with van der Waals surface area (Å²) in [6.07, 6.45) is 15.9. The minimum Gasteiger partial charge on any atom is -0.369 e. The van der Waals surface area contributed by atoms with Gasteiger partial charge in [0.15, 0.2) is 0 Å². The maximum atomic E-state index is 13.4. The molecule has 0 spiro atoms. The maximum Gasteiger partial charge on any atom is 0.267 e. The maximum absolute atomic E-state index is 13.4. The number of carbonyl (C=O) groups is 1. The second-order valence-corrected chi connectivity index (χ2v) is 12.1. The van der Waals surface area contributed by atoms with E-state index in [9.17, 15) is 9.59 Å². The quantitative estimate of drug-likeness (QED) is 0.146. The van der Waals surface area contributed by atoms with E-state index in [0.717, 1.165) is 18.4 Å². The molecule has 1 saturated heterocycles. The Morgan fingerprint density at radius 1 is 1.03 bits per heavy atom.